The molecule has 14 heavy (non-hydrogen) atoms. The van der Waals surface area contributed by atoms with Crippen molar-refractivity contribution in [1.82, 2.24) is 14.9 Å². The minimum absolute atomic E-state index is 0.115. The van der Waals surface area contributed by atoms with Crippen molar-refractivity contribution in [3.63, 3.8) is 0 Å². The molecule has 1 amide bonds. The van der Waals surface area contributed by atoms with Gasteiger partial charge < -0.3 is 9.88 Å². The Labute approximate surface area is 84.3 Å². The van der Waals surface area contributed by atoms with Gasteiger partial charge in [0.05, 0.1) is 6.33 Å². The number of aromatic nitrogens is 2. The molecule has 0 aliphatic heterocycles. The summed E-state index contributed by atoms with van der Waals surface area (Å²) in [7, 11) is 0. The molecule has 0 aliphatic rings. The van der Waals surface area contributed by atoms with Crippen molar-refractivity contribution in [1.29, 1.82) is 0 Å². The van der Waals surface area contributed by atoms with Crippen LogP contribution in [0.4, 0.5) is 0 Å². The molecule has 0 atom stereocenters. The highest BCUT2D eigenvalue weighted by molar-refractivity contribution is 5.76. The molecule has 4 nitrogen and oxygen atoms in total. The molecule has 0 aromatic carbocycles. The molecule has 0 spiro atoms. The number of rotatable bonds is 5. The maximum Gasteiger partial charge on any atom is 0.220 e. The van der Waals surface area contributed by atoms with E-state index in [-0.39, 0.29) is 11.9 Å². The van der Waals surface area contributed by atoms with Crippen molar-refractivity contribution in [2.45, 2.75) is 39.3 Å². The van der Waals surface area contributed by atoms with Crippen molar-refractivity contribution in [2.75, 3.05) is 0 Å². The molecule has 1 rings (SSSR count). The van der Waals surface area contributed by atoms with Crippen molar-refractivity contribution in [3.05, 3.63) is 18.7 Å². The zero-order chi connectivity index (χ0) is 10.4. The number of nitrogens with one attached hydrogen (secondary N) is 1. The molecule has 0 unspecified atom stereocenters. The molecule has 0 bridgehead atoms. The summed E-state index contributed by atoms with van der Waals surface area (Å²) in [5, 5.41) is 2.85. The lowest BCUT2D eigenvalue weighted by atomic mass is 10.2. The Morgan fingerprint density at radius 3 is 3.00 bits per heavy atom. The number of carbonyl (C=O) groups excluding carboxylic acids is 1. The first-order valence-corrected chi connectivity index (χ1v) is 4.85. The van der Waals surface area contributed by atoms with Crippen LogP contribution in [0.2, 0.25) is 0 Å². The molecule has 0 aliphatic carbocycles. The van der Waals surface area contributed by atoms with Gasteiger partial charge in [0.15, 0.2) is 0 Å². The van der Waals surface area contributed by atoms with Crippen molar-refractivity contribution < 1.29 is 4.79 Å². The Bertz CT molecular complexity index is 267. The van der Waals surface area contributed by atoms with Gasteiger partial charge in [-0.05, 0) is 20.3 Å². The van der Waals surface area contributed by atoms with Crippen LogP contribution in [0.25, 0.3) is 0 Å². The normalized spacial score (nSPS) is 10.5. The largest absolute Gasteiger partial charge is 0.354 e. The third kappa shape index (κ3) is 4.07. The molecule has 1 aromatic heterocycles. The minimum Gasteiger partial charge on any atom is -0.354 e. The average Bonchev–Trinajstić information content (AvgIpc) is 2.55. The molecule has 1 radical (unpaired) electrons. The van der Waals surface area contributed by atoms with Crippen LogP contribution in [-0.2, 0) is 11.3 Å². The van der Waals surface area contributed by atoms with Gasteiger partial charge >= 0.3 is 0 Å². The SMILES string of the molecule is CC(C)NC(=O)CCCn1c[c]nc1. The predicted molar refractivity (Wildman–Crippen MR) is 53.6 cm³/mol. The molecule has 4 heteroatoms. The van der Waals surface area contributed by atoms with Crippen molar-refractivity contribution in [2.24, 2.45) is 0 Å². The maximum atomic E-state index is 11.2. The van der Waals surface area contributed by atoms with Gasteiger partial charge in [-0.25, -0.2) is 4.98 Å². The Kier molecular flexibility index (Phi) is 4.16. The standard InChI is InChI=1S/C10H16N3O/c1-9(2)12-10(14)4-3-6-13-7-5-11-8-13/h7-9H,3-4,6H2,1-2H3,(H,12,14). The van der Waals surface area contributed by atoms with Gasteiger partial charge in [0.1, 0.15) is 6.20 Å². The lowest BCUT2D eigenvalue weighted by Gasteiger charge is -2.07. The second kappa shape index (κ2) is 5.42. The quantitative estimate of drug-likeness (QED) is 0.759. The first-order valence-electron chi connectivity index (χ1n) is 4.85. The third-order valence-corrected chi connectivity index (χ3v) is 1.77. The maximum absolute atomic E-state index is 11.2. The zero-order valence-corrected chi connectivity index (χ0v) is 8.66. The number of hydrogen-bond acceptors (Lipinski definition) is 2. The molecule has 1 N–H and O–H groups in total. The first-order chi connectivity index (χ1) is 6.68. The molecule has 0 saturated heterocycles. The lowest BCUT2D eigenvalue weighted by molar-refractivity contribution is -0.121. The van der Waals surface area contributed by atoms with Crippen LogP contribution in [0.3, 0.4) is 0 Å². The van der Waals surface area contributed by atoms with Crippen LogP contribution in [0.5, 0.6) is 0 Å². The van der Waals surface area contributed by atoms with E-state index in [0.29, 0.717) is 6.42 Å². The van der Waals surface area contributed by atoms with Crippen LogP contribution in [0.15, 0.2) is 12.5 Å². The van der Waals surface area contributed by atoms with Gasteiger partial charge in [-0.2, -0.15) is 0 Å². The third-order valence-electron chi connectivity index (χ3n) is 1.77. The monoisotopic (exact) mass is 194 g/mol. The highest BCUT2D eigenvalue weighted by atomic mass is 16.1. The van der Waals surface area contributed by atoms with E-state index in [1.807, 2.05) is 18.4 Å². The average molecular weight is 194 g/mol. The van der Waals surface area contributed by atoms with Crippen LogP contribution in [0, 0.1) is 6.20 Å². The fourth-order valence-electron chi connectivity index (χ4n) is 1.19. The number of hydrogen-bond donors (Lipinski definition) is 1. The van der Waals surface area contributed by atoms with Crippen LogP contribution >= 0.6 is 0 Å². The number of amides is 1. The van der Waals surface area contributed by atoms with E-state index < -0.39 is 0 Å². The number of imidazole rings is 1. The fourth-order valence-corrected chi connectivity index (χ4v) is 1.19. The summed E-state index contributed by atoms with van der Waals surface area (Å²) < 4.78 is 1.92. The summed E-state index contributed by atoms with van der Waals surface area (Å²) in [5.74, 6) is 0.115. The Balaban J connectivity index is 2.12. The summed E-state index contributed by atoms with van der Waals surface area (Å²) in [5.41, 5.74) is 0. The number of aryl methyl sites for hydroxylation is 1. The topological polar surface area (TPSA) is 46.9 Å². The molecule has 1 heterocycles. The van der Waals surface area contributed by atoms with E-state index in [4.69, 9.17) is 0 Å². The van der Waals surface area contributed by atoms with Gasteiger partial charge in [-0.3, -0.25) is 4.79 Å². The van der Waals surface area contributed by atoms with Gasteiger partial charge in [0.25, 0.3) is 0 Å². The molecular formula is C10H16N3O. The Hall–Kier alpha value is -1.32. The van der Waals surface area contributed by atoms with Crippen LogP contribution in [0.1, 0.15) is 26.7 Å². The highest BCUT2D eigenvalue weighted by Gasteiger charge is 2.02. The van der Waals surface area contributed by atoms with Gasteiger partial charge in [0, 0.05) is 25.2 Å². The minimum atomic E-state index is 0.115. The molecule has 0 fully saturated rings. The molecule has 0 saturated carbocycles. The summed E-state index contributed by atoms with van der Waals surface area (Å²) in [4.78, 5) is 15.0. The van der Waals surface area contributed by atoms with E-state index in [1.165, 1.54) is 0 Å². The van der Waals surface area contributed by atoms with Crippen LogP contribution in [-0.4, -0.2) is 21.5 Å². The number of nitrogens with zero attached hydrogens (tertiary/aromatic N) is 2. The van der Waals surface area contributed by atoms with Crippen molar-refractivity contribution in [3.8, 4) is 0 Å². The first kappa shape index (κ1) is 10.8. The van der Waals surface area contributed by atoms with Gasteiger partial charge in [-0.1, -0.05) is 0 Å². The summed E-state index contributed by atoms with van der Waals surface area (Å²) in [6.45, 7) is 4.74. The second-order valence-corrected chi connectivity index (χ2v) is 3.57. The summed E-state index contributed by atoms with van der Waals surface area (Å²) >= 11 is 0. The lowest BCUT2D eigenvalue weighted by Crippen LogP contribution is -2.29. The fraction of sp³-hybridized carbons (Fsp3) is 0.600. The molecule has 77 valence electrons. The van der Waals surface area contributed by atoms with E-state index >= 15 is 0 Å². The number of carbonyl (C=O) groups is 1. The highest BCUT2D eigenvalue weighted by Crippen LogP contribution is 1.95. The van der Waals surface area contributed by atoms with Gasteiger partial charge in [-0.15, -0.1) is 0 Å². The van der Waals surface area contributed by atoms with E-state index in [2.05, 4.69) is 16.5 Å². The van der Waals surface area contributed by atoms with E-state index in [9.17, 15) is 4.79 Å². The van der Waals surface area contributed by atoms with E-state index in [1.54, 1.807) is 12.5 Å². The van der Waals surface area contributed by atoms with Crippen molar-refractivity contribution >= 4 is 5.91 Å². The summed E-state index contributed by atoms with van der Waals surface area (Å²) in [6, 6.07) is 0.226. The predicted octanol–water partition coefficient (Wildman–Crippen LogP) is 0.988. The Morgan fingerprint density at radius 1 is 1.64 bits per heavy atom. The van der Waals surface area contributed by atoms with Crippen LogP contribution < -0.4 is 5.32 Å². The molecule has 1 aromatic rings. The smallest absolute Gasteiger partial charge is 0.220 e. The second-order valence-electron chi connectivity index (χ2n) is 3.57. The molecular weight excluding hydrogens is 178 g/mol. The summed E-state index contributed by atoms with van der Waals surface area (Å²) in [6.07, 6.45) is 7.60. The van der Waals surface area contributed by atoms with Gasteiger partial charge in [0.2, 0.25) is 5.91 Å². The Morgan fingerprint density at radius 2 is 2.43 bits per heavy atom. The zero-order valence-electron chi connectivity index (χ0n) is 8.66. The van der Waals surface area contributed by atoms with E-state index in [0.717, 1.165) is 13.0 Å².